The van der Waals surface area contributed by atoms with Gasteiger partial charge < -0.3 is 19.7 Å². The molecule has 7 atom stereocenters. The van der Waals surface area contributed by atoms with Gasteiger partial charge in [0.1, 0.15) is 6.10 Å². The second-order valence-electron chi connectivity index (χ2n) is 9.18. The van der Waals surface area contributed by atoms with Gasteiger partial charge in [-0.25, -0.2) is 4.79 Å². The Hall–Kier alpha value is -1.40. The third-order valence-electron chi connectivity index (χ3n) is 7.89. The average molecular weight is 364 g/mol. The number of ether oxygens (including phenoxy) is 2. The fraction of sp³-hybridized carbons (Fsp3) is 0.800. The molecule has 0 amide bonds. The molecular formula is C20H28O6. The fourth-order valence-electron chi connectivity index (χ4n) is 6.51. The standard InChI is InChI=1S/C20H28O6/c1-11-9-13-15-18(2,17(23)25-13)6-4-7-19(15,3)20(11,24)8-5-12-10-14(21)26-16(12)22/h10-11,13,15-16,22,24H,4-9H2,1-3H3/t11-,13-,15-,16+,18+,19-,20+/m1/s1. The van der Waals surface area contributed by atoms with Crippen molar-refractivity contribution in [1.82, 2.24) is 0 Å². The summed E-state index contributed by atoms with van der Waals surface area (Å²) in [7, 11) is 0. The van der Waals surface area contributed by atoms with Gasteiger partial charge in [0.2, 0.25) is 6.29 Å². The molecule has 0 unspecified atom stereocenters. The monoisotopic (exact) mass is 364 g/mol. The zero-order chi connectivity index (χ0) is 18.9. The number of esters is 2. The van der Waals surface area contributed by atoms with Crippen LogP contribution < -0.4 is 0 Å². The van der Waals surface area contributed by atoms with Crippen molar-refractivity contribution in [1.29, 1.82) is 0 Å². The van der Waals surface area contributed by atoms with Crippen LogP contribution in [0.25, 0.3) is 0 Å². The lowest BCUT2D eigenvalue weighted by Gasteiger charge is -2.61. The summed E-state index contributed by atoms with van der Waals surface area (Å²) in [5.41, 5.74) is -1.45. The lowest BCUT2D eigenvalue weighted by Crippen LogP contribution is -2.65. The number of carbonyl (C=O) groups is 2. The third kappa shape index (κ3) is 2.18. The minimum Gasteiger partial charge on any atom is -0.462 e. The largest absolute Gasteiger partial charge is 0.462 e. The zero-order valence-corrected chi connectivity index (χ0v) is 15.7. The van der Waals surface area contributed by atoms with Crippen LogP contribution >= 0.6 is 0 Å². The molecule has 2 N–H and O–H groups in total. The van der Waals surface area contributed by atoms with Crippen LogP contribution in [0.4, 0.5) is 0 Å². The summed E-state index contributed by atoms with van der Waals surface area (Å²) in [5, 5.41) is 21.7. The number of hydrogen-bond acceptors (Lipinski definition) is 6. The summed E-state index contributed by atoms with van der Waals surface area (Å²) < 4.78 is 10.5. The van der Waals surface area contributed by atoms with Crippen molar-refractivity contribution in [2.24, 2.45) is 22.7 Å². The Bertz CT molecular complexity index is 686. The molecule has 4 rings (SSSR count). The van der Waals surface area contributed by atoms with E-state index in [1.807, 2.05) is 13.8 Å². The molecule has 26 heavy (non-hydrogen) atoms. The highest BCUT2D eigenvalue weighted by Crippen LogP contribution is 2.67. The Balaban J connectivity index is 1.66. The lowest BCUT2D eigenvalue weighted by molar-refractivity contribution is -0.218. The zero-order valence-electron chi connectivity index (χ0n) is 15.7. The van der Waals surface area contributed by atoms with Crippen molar-refractivity contribution in [2.75, 3.05) is 0 Å². The van der Waals surface area contributed by atoms with E-state index in [4.69, 9.17) is 9.47 Å². The molecule has 1 saturated heterocycles. The molecule has 6 heteroatoms. The van der Waals surface area contributed by atoms with Gasteiger partial charge in [-0.2, -0.15) is 0 Å². The molecule has 6 nitrogen and oxygen atoms in total. The van der Waals surface area contributed by atoms with Gasteiger partial charge in [0.15, 0.2) is 0 Å². The molecule has 4 aliphatic rings. The van der Waals surface area contributed by atoms with E-state index in [1.165, 1.54) is 6.08 Å². The Morgan fingerprint density at radius 1 is 1.23 bits per heavy atom. The summed E-state index contributed by atoms with van der Waals surface area (Å²) in [6.45, 7) is 6.10. The van der Waals surface area contributed by atoms with Crippen LogP contribution in [-0.2, 0) is 19.1 Å². The second kappa shape index (κ2) is 5.55. The van der Waals surface area contributed by atoms with E-state index in [0.717, 1.165) is 19.3 Å². The van der Waals surface area contributed by atoms with Gasteiger partial charge in [-0.1, -0.05) is 20.3 Å². The molecule has 0 spiro atoms. The quantitative estimate of drug-likeness (QED) is 0.745. The number of aliphatic hydroxyl groups excluding tert-OH is 1. The maximum atomic E-state index is 12.6. The summed E-state index contributed by atoms with van der Waals surface area (Å²) in [6, 6.07) is 0. The van der Waals surface area contributed by atoms with E-state index in [2.05, 4.69) is 6.92 Å². The first-order valence-electron chi connectivity index (χ1n) is 9.64. The van der Waals surface area contributed by atoms with Crippen molar-refractivity contribution in [3.05, 3.63) is 11.6 Å². The summed E-state index contributed by atoms with van der Waals surface area (Å²) >= 11 is 0. The Kier molecular flexibility index (Phi) is 3.84. The minimum atomic E-state index is -1.21. The molecule has 0 radical (unpaired) electrons. The number of carbonyl (C=O) groups excluding carboxylic acids is 2. The van der Waals surface area contributed by atoms with Crippen molar-refractivity contribution >= 4 is 11.9 Å². The van der Waals surface area contributed by atoms with Crippen molar-refractivity contribution in [3.63, 3.8) is 0 Å². The van der Waals surface area contributed by atoms with Crippen LogP contribution in [0.1, 0.15) is 59.3 Å². The number of rotatable bonds is 3. The minimum absolute atomic E-state index is 0.00202. The fourth-order valence-corrected chi connectivity index (χ4v) is 6.51. The molecule has 2 heterocycles. The number of hydrogen-bond donors (Lipinski definition) is 2. The Labute approximate surface area is 153 Å². The molecular weight excluding hydrogens is 336 g/mol. The second-order valence-corrected chi connectivity index (χ2v) is 9.18. The number of cyclic esters (lactones) is 1. The predicted molar refractivity (Wildman–Crippen MR) is 91.6 cm³/mol. The average Bonchev–Trinajstić information content (AvgIpc) is 3.01. The smallest absolute Gasteiger partial charge is 0.333 e. The third-order valence-corrected chi connectivity index (χ3v) is 7.89. The lowest BCUT2D eigenvalue weighted by atomic mass is 9.44. The van der Waals surface area contributed by atoms with Crippen LogP contribution in [0.2, 0.25) is 0 Å². The van der Waals surface area contributed by atoms with Gasteiger partial charge in [0.25, 0.3) is 0 Å². The van der Waals surface area contributed by atoms with Crippen LogP contribution in [0, 0.1) is 22.7 Å². The first-order valence-corrected chi connectivity index (χ1v) is 9.64. The Morgan fingerprint density at radius 3 is 2.62 bits per heavy atom. The van der Waals surface area contributed by atoms with Gasteiger partial charge in [-0.15, -0.1) is 0 Å². The van der Waals surface area contributed by atoms with Gasteiger partial charge in [-0.3, -0.25) is 4.79 Å². The molecule has 3 fully saturated rings. The SMILES string of the molecule is C[C@@H]1C[C@H]2OC(=O)[C@@]3(C)CCC[C@](C)([C@H]23)[C@]1(O)CCC1=CC(=O)O[C@@H]1O. The van der Waals surface area contributed by atoms with Crippen LogP contribution in [0.3, 0.4) is 0 Å². The van der Waals surface area contributed by atoms with E-state index in [-0.39, 0.29) is 23.9 Å². The summed E-state index contributed by atoms with van der Waals surface area (Å²) in [5.74, 6) is -0.708. The van der Waals surface area contributed by atoms with Crippen molar-refractivity contribution in [2.45, 2.75) is 77.3 Å². The molecule has 144 valence electrons. The van der Waals surface area contributed by atoms with E-state index in [0.29, 0.717) is 24.8 Å². The van der Waals surface area contributed by atoms with Crippen LogP contribution in [0.15, 0.2) is 11.6 Å². The molecule has 0 aromatic heterocycles. The highest BCUT2D eigenvalue weighted by molar-refractivity contribution is 5.85. The van der Waals surface area contributed by atoms with E-state index in [1.54, 1.807) is 0 Å². The molecule has 2 saturated carbocycles. The van der Waals surface area contributed by atoms with Gasteiger partial charge in [0.05, 0.1) is 11.0 Å². The molecule has 0 aromatic rings. The van der Waals surface area contributed by atoms with E-state index in [9.17, 15) is 19.8 Å². The highest BCUT2D eigenvalue weighted by atomic mass is 16.6. The maximum Gasteiger partial charge on any atom is 0.333 e. The maximum absolute atomic E-state index is 12.6. The van der Waals surface area contributed by atoms with Crippen LogP contribution in [-0.4, -0.2) is 40.1 Å². The predicted octanol–water partition coefficient (Wildman–Crippen LogP) is 2.08. The van der Waals surface area contributed by atoms with Gasteiger partial charge >= 0.3 is 11.9 Å². The first-order chi connectivity index (χ1) is 12.1. The highest BCUT2D eigenvalue weighted by Gasteiger charge is 2.71. The number of aliphatic hydroxyl groups is 2. The van der Waals surface area contributed by atoms with Crippen molar-refractivity contribution in [3.8, 4) is 0 Å². The molecule has 2 aliphatic carbocycles. The van der Waals surface area contributed by atoms with E-state index >= 15 is 0 Å². The van der Waals surface area contributed by atoms with Gasteiger partial charge in [0, 0.05) is 23.0 Å². The van der Waals surface area contributed by atoms with E-state index < -0.39 is 28.7 Å². The van der Waals surface area contributed by atoms with Gasteiger partial charge in [-0.05, 0) is 44.9 Å². The molecule has 0 aromatic carbocycles. The Morgan fingerprint density at radius 2 is 1.96 bits per heavy atom. The molecule has 2 aliphatic heterocycles. The first kappa shape index (κ1) is 18.0. The summed E-state index contributed by atoms with van der Waals surface area (Å²) in [6.07, 6.45) is 3.98. The topological polar surface area (TPSA) is 93.1 Å². The summed E-state index contributed by atoms with van der Waals surface area (Å²) in [4.78, 5) is 23.9. The molecule has 0 bridgehead atoms. The van der Waals surface area contributed by atoms with Crippen LogP contribution in [0.5, 0.6) is 0 Å². The normalized spacial score (nSPS) is 50.1. The van der Waals surface area contributed by atoms with Crippen molar-refractivity contribution < 1.29 is 29.3 Å².